The molecule has 168 valence electrons. The van der Waals surface area contributed by atoms with Gasteiger partial charge in [-0.25, -0.2) is 0 Å². The molecule has 5 rings (SSSR count). The van der Waals surface area contributed by atoms with Crippen LogP contribution in [0.25, 0.3) is 17.0 Å². The van der Waals surface area contributed by atoms with Crippen LogP contribution in [0.3, 0.4) is 0 Å². The fourth-order valence-corrected chi connectivity index (χ4v) is 4.18. The van der Waals surface area contributed by atoms with Crippen LogP contribution < -0.4 is 10.3 Å². The number of nitrogens with one attached hydrogen (secondary N) is 1. The quantitative estimate of drug-likeness (QED) is 0.416. The first-order chi connectivity index (χ1) is 16.5. The van der Waals surface area contributed by atoms with E-state index in [0.29, 0.717) is 11.3 Å². The third-order valence-electron chi connectivity index (χ3n) is 5.80. The summed E-state index contributed by atoms with van der Waals surface area (Å²) in [5.41, 5.74) is 5.57. The predicted molar refractivity (Wildman–Crippen MR) is 137 cm³/mol. The van der Waals surface area contributed by atoms with Crippen molar-refractivity contribution in [2.75, 3.05) is 10.3 Å². The highest BCUT2D eigenvalue weighted by molar-refractivity contribution is 6.32. The van der Waals surface area contributed by atoms with Crippen molar-refractivity contribution in [3.05, 3.63) is 102 Å². The SMILES string of the molecule is CC1=NN(c2ccccc2)C(=O)/C1=C/c1cn(CC(=O)Nc2cccc(C)c2)c2ccccc12. The van der Waals surface area contributed by atoms with E-state index in [-0.39, 0.29) is 18.4 Å². The maximum Gasteiger partial charge on any atom is 0.280 e. The van der Waals surface area contributed by atoms with Gasteiger partial charge in [-0.1, -0.05) is 48.5 Å². The Balaban J connectivity index is 1.45. The lowest BCUT2D eigenvalue weighted by Crippen LogP contribution is -2.21. The normalized spacial score (nSPS) is 14.6. The van der Waals surface area contributed by atoms with Gasteiger partial charge in [-0.3, -0.25) is 9.59 Å². The fraction of sp³-hybridized carbons (Fsp3) is 0.107. The zero-order chi connectivity index (χ0) is 23.7. The Kier molecular flexibility index (Phi) is 5.55. The molecule has 6 nitrogen and oxygen atoms in total. The summed E-state index contributed by atoms with van der Waals surface area (Å²) in [6, 6.07) is 25.0. The van der Waals surface area contributed by atoms with Crippen LogP contribution in [-0.2, 0) is 16.1 Å². The molecule has 0 bridgehead atoms. The van der Waals surface area contributed by atoms with Gasteiger partial charge >= 0.3 is 0 Å². The molecule has 1 aromatic heterocycles. The third kappa shape index (κ3) is 4.13. The van der Waals surface area contributed by atoms with Crippen molar-refractivity contribution in [2.45, 2.75) is 20.4 Å². The highest BCUT2D eigenvalue weighted by Gasteiger charge is 2.29. The van der Waals surface area contributed by atoms with Crippen molar-refractivity contribution in [1.82, 2.24) is 4.57 Å². The van der Waals surface area contributed by atoms with Crippen molar-refractivity contribution in [3.8, 4) is 0 Å². The number of aryl methyl sites for hydroxylation is 1. The van der Waals surface area contributed by atoms with Crippen molar-refractivity contribution in [1.29, 1.82) is 0 Å². The number of carbonyl (C=O) groups is 2. The third-order valence-corrected chi connectivity index (χ3v) is 5.80. The van der Waals surface area contributed by atoms with Crippen LogP contribution in [0.15, 0.2) is 95.7 Å². The molecule has 0 fully saturated rings. The zero-order valence-electron chi connectivity index (χ0n) is 19.0. The number of benzene rings is 3. The number of anilines is 2. The fourth-order valence-electron chi connectivity index (χ4n) is 4.18. The lowest BCUT2D eigenvalue weighted by molar-refractivity contribution is -0.116. The van der Waals surface area contributed by atoms with E-state index in [2.05, 4.69) is 10.4 Å². The Morgan fingerprint density at radius 3 is 2.53 bits per heavy atom. The number of para-hydroxylation sites is 2. The van der Waals surface area contributed by atoms with E-state index < -0.39 is 0 Å². The van der Waals surface area contributed by atoms with Crippen molar-refractivity contribution >= 4 is 45.9 Å². The smallest absolute Gasteiger partial charge is 0.280 e. The predicted octanol–water partition coefficient (Wildman–Crippen LogP) is 5.39. The molecule has 1 aliphatic heterocycles. The standard InChI is InChI=1S/C28H24N4O2/c1-19-9-8-10-22(15-19)29-27(33)18-31-17-21(24-13-6-7-14-26(24)31)16-25-20(2)30-32(28(25)34)23-11-4-3-5-12-23/h3-17H,18H2,1-2H3,(H,29,33)/b25-16+. The number of aromatic nitrogens is 1. The minimum Gasteiger partial charge on any atom is -0.337 e. The van der Waals surface area contributed by atoms with Crippen molar-refractivity contribution in [3.63, 3.8) is 0 Å². The summed E-state index contributed by atoms with van der Waals surface area (Å²) in [6.07, 6.45) is 3.78. The zero-order valence-corrected chi connectivity index (χ0v) is 19.0. The van der Waals surface area contributed by atoms with Crippen LogP contribution in [0.2, 0.25) is 0 Å². The molecule has 0 saturated carbocycles. The molecule has 1 aliphatic rings. The summed E-state index contributed by atoms with van der Waals surface area (Å²) in [7, 11) is 0. The Morgan fingerprint density at radius 1 is 0.971 bits per heavy atom. The van der Waals surface area contributed by atoms with Gasteiger partial charge in [0, 0.05) is 28.4 Å². The van der Waals surface area contributed by atoms with Crippen LogP contribution >= 0.6 is 0 Å². The topological polar surface area (TPSA) is 66.7 Å². The second kappa shape index (κ2) is 8.83. The van der Waals surface area contributed by atoms with Gasteiger partial charge in [-0.2, -0.15) is 10.1 Å². The second-order valence-corrected chi connectivity index (χ2v) is 8.34. The van der Waals surface area contributed by atoms with Gasteiger partial charge in [-0.05, 0) is 55.8 Å². The molecule has 0 radical (unpaired) electrons. The first-order valence-corrected chi connectivity index (χ1v) is 11.1. The highest BCUT2D eigenvalue weighted by Crippen LogP contribution is 2.28. The first-order valence-electron chi connectivity index (χ1n) is 11.1. The molecular weight excluding hydrogens is 424 g/mol. The van der Waals surface area contributed by atoms with Crippen LogP contribution in [-0.4, -0.2) is 22.1 Å². The molecule has 4 aromatic rings. The second-order valence-electron chi connectivity index (χ2n) is 8.34. The molecule has 6 heteroatoms. The van der Waals surface area contributed by atoms with Crippen molar-refractivity contribution in [2.24, 2.45) is 5.10 Å². The van der Waals surface area contributed by atoms with E-state index in [0.717, 1.165) is 33.4 Å². The molecule has 0 unspecified atom stereocenters. The van der Waals surface area contributed by atoms with Gasteiger partial charge in [0.25, 0.3) is 5.91 Å². The molecule has 3 aromatic carbocycles. The molecule has 0 saturated heterocycles. The van der Waals surface area contributed by atoms with Crippen LogP contribution in [0.4, 0.5) is 11.4 Å². The number of hydrogen-bond donors (Lipinski definition) is 1. The van der Waals surface area contributed by atoms with E-state index in [1.165, 1.54) is 5.01 Å². The Labute approximate surface area is 197 Å². The maximum absolute atomic E-state index is 13.1. The number of nitrogens with zero attached hydrogens (tertiary/aromatic N) is 3. The van der Waals surface area contributed by atoms with Gasteiger partial charge in [0.15, 0.2) is 0 Å². The van der Waals surface area contributed by atoms with Crippen LogP contribution in [0.1, 0.15) is 18.1 Å². The van der Waals surface area contributed by atoms with Gasteiger partial charge in [0.2, 0.25) is 5.91 Å². The molecule has 2 amide bonds. The summed E-state index contributed by atoms with van der Waals surface area (Å²) in [6.45, 7) is 3.99. The van der Waals surface area contributed by atoms with Crippen LogP contribution in [0.5, 0.6) is 0 Å². The number of amides is 2. The summed E-state index contributed by atoms with van der Waals surface area (Å²) in [5.74, 6) is -0.284. The average molecular weight is 449 g/mol. The van der Waals surface area contributed by atoms with E-state index in [1.807, 2.05) is 110 Å². The molecule has 0 atom stereocenters. The number of hydrazone groups is 1. The summed E-state index contributed by atoms with van der Waals surface area (Å²) < 4.78 is 1.91. The minimum atomic E-state index is -0.169. The number of hydrogen-bond acceptors (Lipinski definition) is 3. The monoisotopic (exact) mass is 448 g/mol. The van der Waals surface area contributed by atoms with E-state index in [1.54, 1.807) is 0 Å². The summed E-state index contributed by atoms with van der Waals surface area (Å²) >= 11 is 0. The number of carbonyl (C=O) groups excluding carboxylic acids is 2. The van der Waals surface area contributed by atoms with Gasteiger partial charge in [-0.15, -0.1) is 0 Å². The first kappa shape index (κ1) is 21.4. The lowest BCUT2D eigenvalue weighted by Gasteiger charge is -2.10. The van der Waals surface area contributed by atoms with Gasteiger partial charge in [0.05, 0.1) is 17.0 Å². The average Bonchev–Trinajstić information content (AvgIpc) is 3.32. The van der Waals surface area contributed by atoms with E-state index in [4.69, 9.17) is 0 Å². The molecule has 2 heterocycles. The van der Waals surface area contributed by atoms with E-state index in [9.17, 15) is 9.59 Å². The number of fused-ring (bicyclic) bond motifs is 1. The highest BCUT2D eigenvalue weighted by atomic mass is 16.2. The Morgan fingerprint density at radius 2 is 1.74 bits per heavy atom. The van der Waals surface area contributed by atoms with E-state index >= 15 is 0 Å². The van der Waals surface area contributed by atoms with Gasteiger partial charge in [0.1, 0.15) is 6.54 Å². The van der Waals surface area contributed by atoms with Crippen LogP contribution in [0, 0.1) is 6.92 Å². The summed E-state index contributed by atoms with van der Waals surface area (Å²) in [4.78, 5) is 25.9. The minimum absolute atomic E-state index is 0.115. The Hall–Kier alpha value is -4.45. The molecular formula is C28H24N4O2. The molecule has 0 aliphatic carbocycles. The van der Waals surface area contributed by atoms with Gasteiger partial charge < -0.3 is 9.88 Å². The Bertz CT molecular complexity index is 1460. The molecule has 0 spiro atoms. The lowest BCUT2D eigenvalue weighted by atomic mass is 10.1. The molecule has 1 N–H and O–H groups in total. The van der Waals surface area contributed by atoms with Crippen molar-refractivity contribution < 1.29 is 9.59 Å². The summed E-state index contributed by atoms with van der Waals surface area (Å²) in [5, 5.41) is 9.82. The largest absolute Gasteiger partial charge is 0.337 e. The number of rotatable bonds is 5. The molecule has 34 heavy (non-hydrogen) atoms. The maximum atomic E-state index is 13.1.